The van der Waals surface area contributed by atoms with Crippen LogP contribution in [-0.4, -0.2) is 32.0 Å². The molecule has 2 heterocycles. The average Bonchev–Trinajstić information content (AvgIpc) is 3.29. The summed E-state index contributed by atoms with van der Waals surface area (Å²) >= 11 is 1.24. The van der Waals surface area contributed by atoms with E-state index in [9.17, 15) is 9.59 Å². The number of imide groups is 1. The molecule has 28 heavy (non-hydrogen) atoms. The van der Waals surface area contributed by atoms with Gasteiger partial charge in [-0.15, -0.1) is 10.2 Å². The van der Waals surface area contributed by atoms with Gasteiger partial charge in [0.15, 0.2) is 10.9 Å². The lowest BCUT2D eigenvalue weighted by atomic mass is 10.1. The summed E-state index contributed by atoms with van der Waals surface area (Å²) in [5.41, 5.74) is 6.15. The number of carbonyl (C=O) groups is 2. The zero-order valence-corrected chi connectivity index (χ0v) is 16.3. The molecule has 3 rings (SSSR count). The van der Waals surface area contributed by atoms with Crippen molar-refractivity contribution in [3.8, 4) is 11.6 Å². The van der Waals surface area contributed by atoms with Crippen molar-refractivity contribution in [3.05, 3.63) is 54.3 Å². The van der Waals surface area contributed by atoms with Crippen LogP contribution in [0, 0.1) is 5.92 Å². The molecule has 0 aliphatic heterocycles. The molecule has 0 aliphatic rings. The van der Waals surface area contributed by atoms with Gasteiger partial charge in [-0.05, 0) is 23.6 Å². The Labute approximate surface area is 166 Å². The zero-order valence-electron chi connectivity index (χ0n) is 15.5. The third-order valence-electron chi connectivity index (χ3n) is 3.98. The Balaban J connectivity index is 1.95. The Morgan fingerprint density at radius 2 is 1.93 bits per heavy atom. The minimum Gasteiger partial charge on any atom is -0.461 e. The van der Waals surface area contributed by atoms with Crippen molar-refractivity contribution in [1.29, 1.82) is 0 Å². The number of aromatic nitrogens is 3. The van der Waals surface area contributed by atoms with Crippen molar-refractivity contribution in [2.24, 2.45) is 11.7 Å². The summed E-state index contributed by atoms with van der Waals surface area (Å²) < 4.78 is 7.39. The van der Waals surface area contributed by atoms with E-state index in [0.717, 1.165) is 5.56 Å². The van der Waals surface area contributed by atoms with E-state index in [1.807, 2.05) is 48.7 Å². The van der Waals surface area contributed by atoms with E-state index in [2.05, 4.69) is 15.5 Å². The maximum Gasteiger partial charge on any atom is 0.318 e. The Morgan fingerprint density at radius 1 is 1.18 bits per heavy atom. The SMILES string of the molecule is CC(C)C(Sc1nnc(-c2ccco2)n1Cc1ccccc1)C(=O)NC(N)=O. The number of hydrogen-bond acceptors (Lipinski definition) is 6. The lowest BCUT2D eigenvalue weighted by molar-refractivity contribution is -0.120. The molecule has 0 bridgehead atoms. The van der Waals surface area contributed by atoms with Crippen LogP contribution in [0.15, 0.2) is 58.3 Å². The number of rotatable bonds is 7. The molecule has 3 N–H and O–H groups in total. The highest BCUT2D eigenvalue weighted by Crippen LogP contribution is 2.31. The molecule has 1 atom stereocenters. The third-order valence-corrected chi connectivity index (χ3v) is 5.51. The number of benzene rings is 1. The normalized spacial score (nSPS) is 12.1. The second-order valence-electron chi connectivity index (χ2n) is 6.49. The number of furan rings is 1. The maximum atomic E-state index is 12.4. The largest absolute Gasteiger partial charge is 0.461 e. The van der Waals surface area contributed by atoms with Gasteiger partial charge >= 0.3 is 6.03 Å². The quantitative estimate of drug-likeness (QED) is 0.590. The van der Waals surface area contributed by atoms with Gasteiger partial charge in [-0.2, -0.15) is 0 Å². The Bertz CT molecular complexity index is 938. The molecular weight excluding hydrogens is 378 g/mol. The molecule has 2 aromatic heterocycles. The van der Waals surface area contributed by atoms with Gasteiger partial charge in [0.25, 0.3) is 0 Å². The fraction of sp³-hybridized carbons (Fsp3) is 0.263. The lowest BCUT2D eigenvalue weighted by Gasteiger charge is -2.19. The highest BCUT2D eigenvalue weighted by molar-refractivity contribution is 8.00. The predicted molar refractivity (Wildman–Crippen MR) is 105 cm³/mol. The van der Waals surface area contributed by atoms with Gasteiger partial charge in [0.2, 0.25) is 11.7 Å². The van der Waals surface area contributed by atoms with Crippen LogP contribution in [0.2, 0.25) is 0 Å². The molecule has 0 fully saturated rings. The number of carbonyl (C=O) groups excluding carboxylic acids is 2. The number of thioether (sulfide) groups is 1. The van der Waals surface area contributed by atoms with Crippen molar-refractivity contribution in [1.82, 2.24) is 20.1 Å². The standard InChI is InChI=1S/C19H21N5O3S/c1-12(2)15(17(25)21-18(20)26)28-19-23-22-16(14-9-6-10-27-14)24(19)11-13-7-4-3-5-8-13/h3-10,12,15H,11H2,1-2H3,(H3,20,21,25,26). The molecule has 3 amide bonds. The van der Waals surface area contributed by atoms with E-state index in [1.165, 1.54) is 11.8 Å². The van der Waals surface area contributed by atoms with Crippen LogP contribution >= 0.6 is 11.8 Å². The van der Waals surface area contributed by atoms with E-state index in [1.54, 1.807) is 18.4 Å². The first-order chi connectivity index (χ1) is 13.5. The van der Waals surface area contributed by atoms with Crippen LogP contribution in [0.3, 0.4) is 0 Å². The van der Waals surface area contributed by atoms with Crippen molar-refractivity contribution >= 4 is 23.7 Å². The van der Waals surface area contributed by atoms with Crippen molar-refractivity contribution in [2.45, 2.75) is 30.8 Å². The first-order valence-corrected chi connectivity index (χ1v) is 9.61. The minimum atomic E-state index is -0.877. The number of hydrogen-bond donors (Lipinski definition) is 2. The zero-order chi connectivity index (χ0) is 20.1. The van der Waals surface area contributed by atoms with E-state index in [-0.39, 0.29) is 5.92 Å². The predicted octanol–water partition coefficient (Wildman–Crippen LogP) is 2.90. The van der Waals surface area contributed by atoms with Gasteiger partial charge in [-0.3, -0.25) is 14.7 Å². The first-order valence-electron chi connectivity index (χ1n) is 8.73. The van der Waals surface area contributed by atoms with E-state index in [4.69, 9.17) is 10.2 Å². The van der Waals surface area contributed by atoms with Crippen LogP contribution in [-0.2, 0) is 11.3 Å². The summed E-state index contributed by atoms with van der Waals surface area (Å²) in [6, 6.07) is 12.6. The van der Waals surface area contributed by atoms with Gasteiger partial charge in [0.05, 0.1) is 18.1 Å². The number of nitrogens with two attached hydrogens (primary N) is 1. The number of nitrogens with zero attached hydrogens (tertiary/aromatic N) is 3. The van der Waals surface area contributed by atoms with E-state index < -0.39 is 17.2 Å². The van der Waals surface area contributed by atoms with Gasteiger partial charge in [0, 0.05) is 0 Å². The highest BCUT2D eigenvalue weighted by atomic mass is 32.2. The topological polar surface area (TPSA) is 116 Å². The number of amides is 3. The molecule has 8 nitrogen and oxygen atoms in total. The molecule has 0 saturated carbocycles. The summed E-state index contributed by atoms with van der Waals surface area (Å²) in [6.45, 7) is 4.29. The highest BCUT2D eigenvalue weighted by Gasteiger charge is 2.28. The molecule has 146 valence electrons. The Kier molecular flexibility index (Phi) is 6.15. The molecule has 1 unspecified atom stereocenters. The van der Waals surface area contributed by atoms with Gasteiger partial charge in [0.1, 0.15) is 0 Å². The van der Waals surface area contributed by atoms with E-state index in [0.29, 0.717) is 23.3 Å². The first kappa shape index (κ1) is 19.7. The Morgan fingerprint density at radius 3 is 2.54 bits per heavy atom. The van der Waals surface area contributed by atoms with Crippen LogP contribution in [0.25, 0.3) is 11.6 Å². The fourth-order valence-corrected chi connectivity index (χ4v) is 3.70. The number of nitrogens with one attached hydrogen (secondary N) is 1. The molecule has 0 aliphatic carbocycles. The summed E-state index contributed by atoms with van der Waals surface area (Å²) in [5.74, 6) is 0.631. The van der Waals surface area contributed by atoms with Crippen molar-refractivity contribution < 1.29 is 14.0 Å². The van der Waals surface area contributed by atoms with Gasteiger partial charge < -0.3 is 10.2 Å². The molecule has 3 aromatic rings. The number of primary amides is 1. The Hall–Kier alpha value is -3.07. The fourth-order valence-electron chi connectivity index (χ4n) is 2.67. The molecule has 9 heteroatoms. The molecule has 0 saturated heterocycles. The summed E-state index contributed by atoms with van der Waals surface area (Å²) in [7, 11) is 0. The van der Waals surface area contributed by atoms with Crippen LogP contribution in [0.4, 0.5) is 4.79 Å². The monoisotopic (exact) mass is 399 g/mol. The van der Waals surface area contributed by atoms with Gasteiger partial charge in [-0.1, -0.05) is 55.9 Å². The molecule has 1 aromatic carbocycles. The van der Waals surface area contributed by atoms with E-state index >= 15 is 0 Å². The second-order valence-corrected chi connectivity index (χ2v) is 7.60. The third kappa shape index (κ3) is 4.61. The molecular formula is C19H21N5O3S. The number of urea groups is 1. The summed E-state index contributed by atoms with van der Waals surface area (Å²) in [5, 5.41) is 10.7. The van der Waals surface area contributed by atoms with Gasteiger partial charge in [-0.25, -0.2) is 4.79 Å². The van der Waals surface area contributed by atoms with Crippen molar-refractivity contribution in [2.75, 3.05) is 0 Å². The molecule has 0 spiro atoms. The second kappa shape index (κ2) is 8.75. The lowest BCUT2D eigenvalue weighted by Crippen LogP contribution is -2.42. The smallest absolute Gasteiger partial charge is 0.318 e. The molecule has 0 radical (unpaired) electrons. The summed E-state index contributed by atoms with van der Waals surface area (Å²) in [6.07, 6.45) is 1.57. The average molecular weight is 399 g/mol. The minimum absolute atomic E-state index is 0.0571. The van der Waals surface area contributed by atoms with Crippen LogP contribution in [0.5, 0.6) is 0 Å². The van der Waals surface area contributed by atoms with Crippen molar-refractivity contribution in [3.63, 3.8) is 0 Å². The van der Waals surface area contributed by atoms with Crippen LogP contribution < -0.4 is 11.1 Å². The van der Waals surface area contributed by atoms with Crippen LogP contribution in [0.1, 0.15) is 19.4 Å². The summed E-state index contributed by atoms with van der Waals surface area (Å²) in [4.78, 5) is 23.5. The maximum absolute atomic E-state index is 12.4.